The van der Waals surface area contributed by atoms with Gasteiger partial charge in [-0.2, -0.15) is 0 Å². The summed E-state index contributed by atoms with van der Waals surface area (Å²) in [6.45, 7) is 9.24. The van der Waals surface area contributed by atoms with Crippen LogP contribution >= 0.6 is 11.8 Å². The summed E-state index contributed by atoms with van der Waals surface area (Å²) in [6, 6.07) is 0.957. The third-order valence-corrected chi connectivity index (χ3v) is 6.93. The van der Waals surface area contributed by atoms with Crippen molar-refractivity contribution in [3.63, 3.8) is 0 Å². The van der Waals surface area contributed by atoms with Crippen molar-refractivity contribution in [1.82, 2.24) is 4.90 Å². The Labute approximate surface area is 125 Å². The smallest absolute Gasteiger partial charge is 0.320 e. The van der Waals surface area contributed by atoms with Crippen molar-refractivity contribution in [2.45, 2.75) is 49.3 Å². The molecule has 114 valence electrons. The average molecular weight is 317 g/mol. The van der Waals surface area contributed by atoms with E-state index in [-0.39, 0.29) is 28.4 Å². The standard InChI is InChI=1S/C13H23NO4SSi/c1-8(15)10-11(16)14-7-9(19-12(10)14)13(17)18-5-6-20(2,3)4/h8-10,12,15H,5-7H2,1-4H3/t8?,9?,10?,12-/m1/s1. The summed E-state index contributed by atoms with van der Waals surface area (Å²) in [5.74, 6) is -0.630. The van der Waals surface area contributed by atoms with Crippen LogP contribution in [0.4, 0.5) is 0 Å². The Morgan fingerprint density at radius 1 is 1.55 bits per heavy atom. The van der Waals surface area contributed by atoms with Crippen LogP contribution in [0.5, 0.6) is 0 Å². The highest BCUT2D eigenvalue weighted by Crippen LogP contribution is 2.45. The topological polar surface area (TPSA) is 66.8 Å². The highest BCUT2D eigenvalue weighted by Gasteiger charge is 2.56. The first kappa shape index (κ1) is 15.8. The van der Waals surface area contributed by atoms with Gasteiger partial charge in [0.1, 0.15) is 5.25 Å². The van der Waals surface area contributed by atoms with Gasteiger partial charge in [0.05, 0.1) is 24.0 Å². The number of nitrogens with zero attached hydrogens (tertiary/aromatic N) is 1. The third kappa shape index (κ3) is 3.20. The maximum Gasteiger partial charge on any atom is 0.320 e. The van der Waals surface area contributed by atoms with Gasteiger partial charge in [0, 0.05) is 14.6 Å². The van der Waals surface area contributed by atoms with Crippen LogP contribution in [-0.4, -0.2) is 59.8 Å². The zero-order chi connectivity index (χ0) is 15.1. The molecule has 5 nitrogen and oxygen atoms in total. The summed E-state index contributed by atoms with van der Waals surface area (Å²) in [7, 11) is -1.20. The minimum Gasteiger partial charge on any atom is -0.465 e. The Balaban J connectivity index is 1.81. The number of carbonyl (C=O) groups is 2. The predicted octanol–water partition coefficient (Wildman–Crippen LogP) is 1.15. The Morgan fingerprint density at radius 2 is 2.20 bits per heavy atom. The number of hydrogen-bond donors (Lipinski definition) is 1. The Morgan fingerprint density at radius 3 is 2.75 bits per heavy atom. The maximum atomic E-state index is 12.0. The molecule has 4 atom stereocenters. The molecular formula is C13H23NO4SSi. The van der Waals surface area contributed by atoms with Gasteiger partial charge in [-0.3, -0.25) is 9.59 Å². The third-order valence-electron chi connectivity index (χ3n) is 3.73. The number of ether oxygens (including phenoxy) is 1. The lowest BCUT2D eigenvalue weighted by Gasteiger charge is -2.42. The summed E-state index contributed by atoms with van der Waals surface area (Å²) in [6.07, 6.45) is -0.655. The molecule has 2 aliphatic rings. The average Bonchev–Trinajstić information content (AvgIpc) is 2.66. The van der Waals surface area contributed by atoms with Gasteiger partial charge in [0.15, 0.2) is 0 Å². The number of β-lactam (4-membered cyclic amide) rings is 1. The molecule has 2 rings (SSSR count). The fourth-order valence-electron chi connectivity index (χ4n) is 2.42. The maximum absolute atomic E-state index is 12.0. The molecule has 7 heteroatoms. The largest absolute Gasteiger partial charge is 0.465 e. The van der Waals surface area contributed by atoms with Crippen molar-refractivity contribution in [3.05, 3.63) is 0 Å². The lowest BCUT2D eigenvalue weighted by Crippen LogP contribution is -2.60. The number of rotatable bonds is 5. The SMILES string of the molecule is CC(O)C1C(=O)N2CC(C(=O)OCC[Si](C)(C)C)S[C@H]12. The van der Waals surface area contributed by atoms with Crippen molar-refractivity contribution < 1.29 is 19.4 Å². The van der Waals surface area contributed by atoms with Crippen LogP contribution in [0, 0.1) is 5.92 Å². The minimum atomic E-state index is -1.20. The second kappa shape index (κ2) is 5.69. The van der Waals surface area contributed by atoms with E-state index in [1.807, 2.05) is 0 Å². The van der Waals surface area contributed by atoms with Gasteiger partial charge in [0.25, 0.3) is 0 Å². The van der Waals surface area contributed by atoms with E-state index in [2.05, 4.69) is 19.6 Å². The zero-order valence-corrected chi connectivity index (χ0v) is 14.3. The van der Waals surface area contributed by atoms with Crippen LogP contribution in [0.15, 0.2) is 0 Å². The first-order valence-corrected chi connectivity index (χ1v) is 11.7. The molecule has 0 aromatic carbocycles. The summed E-state index contributed by atoms with van der Waals surface area (Å²) in [5, 5.41) is 9.22. The van der Waals surface area contributed by atoms with Crippen molar-refractivity contribution >= 4 is 31.7 Å². The predicted molar refractivity (Wildman–Crippen MR) is 81.2 cm³/mol. The number of esters is 1. The molecule has 0 saturated carbocycles. The van der Waals surface area contributed by atoms with E-state index in [1.54, 1.807) is 11.8 Å². The van der Waals surface area contributed by atoms with Crippen molar-refractivity contribution in [1.29, 1.82) is 0 Å². The zero-order valence-electron chi connectivity index (χ0n) is 12.5. The molecule has 2 heterocycles. The Bertz CT molecular complexity index is 410. The molecule has 0 aromatic heterocycles. The van der Waals surface area contributed by atoms with Crippen molar-refractivity contribution in [2.24, 2.45) is 5.92 Å². The lowest BCUT2D eigenvalue weighted by atomic mass is 9.93. The van der Waals surface area contributed by atoms with Gasteiger partial charge in [0.2, 0.25) is 5.91 Å². The number of carbonyl (C=O) groups excluding carboxylic acids is 2. The van der Waals surface area contributed by atoms with Crippen LogP contribution in [0.3, 0.4) is 0 Å². The number of amides is 1. The molecule has 20 heavy (non-hydrogen) atoms. The van der Waals surface area contributed by atoms with Crippen molar-refractivity contribution in [3.8, 4) is 0 Å². The molecule has 0 radical (unpaired) electrons. The molecule has 3 unspecified atom stereocenters. The number of fused-ring (bicyclic) bond motifs is 1. The molecule has 0 aliphatic carbocycles. The molecule has 1 amide bonds. The van der Waals surface area contributed by atoms with Gasteiger partial charge in [-0.25, -0.2) is 0 Å². The van der Waals surface area contributed by atoms with Crippen LogP contribution in [0.1, 0.15) is 6.92 Å². The fraction of sp³-hybridized carbons (Fsp3) is 0.846. The van der Waals surface area contributed by atoms with Crippen LogP contribution in [0.25, 0.3) is 0 Å². The summed E-state index contributed by atoms with van der Waals surface area (Å²) in [5.41, 5.74) is 0. The van der Waals surface area contributed by atoms with Gasteiger partial charge in [-0.1, -0.05) is 19.6 Å². The normalized spacial score (nSPS) is 30.8. The molecule has 2 aliphatic heterocycles. The van der Waals surface area contributed by atoms with E-state index in [0.29, 0.717) is 13.2 Å². The summed E-state index contributed by atoms with van der Waals surface area (Å²) >= 11 is 1.45. The van der Waals surface area contributed by atoms with Crippen LogP contribution in [0.2, 0.25) is 25.7 Å². The number of aliphatic hydroxyl groups excluding tert-OH is 1. The first-order chi connectivity index (χ1) is 9.20. The molecular weight excluding hydrogens is 294 g/mol. The van der Waals surface area contributed by atoms with E-state index in [9.17, 15) is 14.7 Å². The van der Waals surface area contributed by atoms with E-state index >= 15 is 0 Å². The molecule has 2 saturated heterocycles. The Hall–Kier alpha value is -0.533. The van der Waals surface area contributed by atoms with Gasteiger partial charge >= 0.3 is 5.97 Å². The van der Waals surface area contributed by atoms with E-state index < -0.39 is 14.2 Å². The quantitative estimate of drug-likeness (QED) is 0.468. The minimum absolute atomic E-state index is 0.0464. The van der Waals surface area contributed by atoms with Gasteiger partial charge in [-0.05, 0) is 13.0 Å². The molecule has 0 bridgehead atoms. The number of hydrogen-bond acceptors (Lipinski definition) is 5. The summed E-state index contributed by atoms with van der Waals surface area (Å²) in [4.78, 5) is 25.5. The molecule has 1 N–H and O–H groups in total. The van der Waals surface area contributed by atoms with Crippen LogP contribution in [-0.2, 0) is 14.3 Å². The number of thioether (sulfide) groups is 1. The fourth-order valence-corrected chi connectivity index (χ4v) is 4.74. The first-order valence-electron chi connectivity index (χ1n) is 7.01. The highest BCUT2D eigenvalue weighted by atomic mass is 32.2. The highest BCUT2D eigenvalue weighted by molar-refractivity contribution is 8.01. The lowest BCUT2D eigenvalue weighted by molar-refractivity contribution is -0.155. The molecule has 2 fully saturated rings. The monoisotopic (exact) mass is 317 g/mol. The molecule has 0 spiro atoms. The summed E-state index contributed by atoms with van der Waals surface area (Å²) < 4.78 is 5.33. The Kier molecular flexibility index (Phi) is 4.51. The van der Waals surface area contributed by atoms with Gasteiger partial charge < -0.3 is 14.7 Å². The van der Waals surface area contributed by atoms with E-state index in [4.69, 9.17) is 4.74 Å². The molecule has 0 aromatic rings. The van der Waals surface area contributed by atoms with Crippen LogP contribution < -0.4 is 0 Å². The number of aliphatic hydroxyl groups is 1. The van der Waals surface area contributed by atoms with Crippen molar-refractivity contribution in [2.75, 3.05) is 13.2 Å². The van der Waals surface area contributed by atoms with E-state index in [1.165, 1.54) is 11.8 Å². The second-order valence-electron chi connectivity index (χ2n) is 6.75. The van der Waals surface area contributed by atoms with Gasteiger partial charge in [-0.15, -0.1) is 11.8 Å². The van der Waals surface area contributed by atoms with E-state index in [0.717, 1.165) is 6.04 Å². The second-order valence-corrected chi connectivity index (χ2v) is 13.7.